The molecule has 126 valence electrons. The second-order valence-corrected chi connectivity index (χ2v) is 5.70. The van der Waals surface area contributed by atoms with E-state index < -0.39 is 0 Å². The van der Waals surface area contributed by atoms with Gasteiger partial charge in [-0.25, -0.2) is 4.39 Å². The maximum absolute atomic E-state index is 12.9. The Hall–Kier alpha value is -2.56. The van der Waals surface area contributed by atoms with Crippen LogP contribution in [0.5, 0.6) is 0 Å². The molecule has 0 saturated heterocycles. The third-order valence-electron chi connectivity index (χ3n) is 3.80. The second-order valence-electron chi connectivity index (χ2n) is 5.70. The highest BCUT2D eigenvalue weighted by Crippen LogP contribution is 2.15. The Morgan fingerprint density at radius 2 is 1.67 bits per heavy atom. The molecule has 2 rings (SSSR count). The quantitative estimate of drug-likeness (QED) is 0.665. The lowest BCUT2D eigenvalue weighted by Crippen LogP contribution is -2.31. The molecule has 0 aromatic heterocycles. The Kier molecular flexibility index (Phi) is 6.61. The summed E-state index contributed by atoms with van der Waals surface area (Å²) in [4.78, 5) is 24.8. The van der Waals surface area contributed by atoms with Gasteiger partial charge in [0.25, 0.3) is 0 Å². The summed E-state index contributed by atoms with van der Waals surface area (Å²) < 4.78 is 12.9. The van der Waals surface area contributed by atoms with Gasteiger partial charge in [0.05, 0.1) is 0 Å². The van der Waals surface area contributed by atoms with Crippen LogP contribution in [0.3, 0.4) is 0 Å². The molecule has 0 heterocycles. The van der Waals surface area contributed by atoms with E-state index in [4.69, 9.17) is 0 Å². The first-order valence-electron chi connectivity index (χ1n) is 8.07. The summed E-state index contributed by atoms with van der Waals surface area (Å²) >= 11 is 0. The molecule has 0 saturated carbocycles. The lowest BCUT2D eigenvalue weighted by Gasteiger charge is -2.22. The topological polar surface area (TPSA) is 49.7 Å². The van der Waals surface area contributed by atoms with Crippen molar-refractivity contribution in [3.05, 3.63) is 70.4 Å². The zero-order valence-electron chi connectivity index (χ0n) is 13.7. The van der Waals surface area contributed by atoms with Crippen molar-refractivity contribution in [1.82, 2.24) is 4.90 Å². The standard InChI is InChI=1S/C19H21FN2O2/c1-2-13-22(14-16-5-10-18(21-24)11-6-16)19(23)12-7-15-3-8-17(20)9-4-15/h3-6,8-11H,2,7,12-14H2,1H3. The van der Waals surface area contributed by atoms with Crippen LogP contribution in [-0.4, -0.2) is 17.4 Å². The molecule has 0 atom stereocenters. The van der Waals surface area contributed by atoms with Crippen molar-refractivity contribution in [3.8, 4) is 0 Å². The number of hydrogen-bond acceptors (Lipinski definition) is 3. The maximum Gasteiger partial charge on any atom is 0.223 e. The second kappa shape index (κ2) is 8.91. The molecule has 0 bridgehead atoms. The molecule has 5 heteroatoms. The van der Waals surface area contributed by atoms with Gasteiger partial charge in [-0.1, -0.05) is 31.2 Å². The number of carbonyl (C=O) groups excluding carboxylic acids is 1. The molecule has 1 amide bonds. The fourth-order valence-electron chi connectivity index (χ4n) is 2.50. The third kappa shape index (κ3) is 5.26. The zero-order valence-corrected chi connectivity index (χ0v) is 13.7. The number of carbonyl (C=O) groups is 1. The van der Waals surface area contributed by atoms with E-state index >= 15 is 0 Å². The number of nitrogens with zero attached hydrogens (tertiary/aromatic N) is 2. The predicted molar refractivity (Wildman–Crippen MR) is 92.3 cm³/mol. The van der Waals surface area contributed by atoms with Gasteiger partial charge in [-0.15, -0.1) is 4.91 Å². The molecule has 0 fully saturated rings. The number of hydrogen-bond donors (Lipinski definition) is 0. The molecule has 0 aliphatic heterocycles. The van der Waals surface area contributed by atoms with Crippen molar-refractivity contribution < 1.29 is 9.18 Å². The first-order valence-corrected chi connectivity index (χ1v) is 8.07. The summed E-state index contributed by atoms with van der Waals surface area (Å²) in [6.45, 7) is 3.21. The predicted octanol–water partition coefficient (Wildman–Crippen LogP) is 4.60. The maximum atomic E-state index is 12.9. The van der Waals surface area contributed by atoms with E-state index in [0.717, 1.165) is 17.5 Å². The highest BCUT2D eigenvalue weighted by molar-refractivity contribution is 5.76. The van der Waals surface area contributed by atoms with Crippen molar-refractivity contribution in [2.24, 2.45) is 5.18 Å². The van der Waals surface area contributed by atoms with Gasteiger partial charge in [-0.3, -0.25) is 4.79 Å². The number of aryl methyl sites for hydroxylation is 1. The van der Waals surface area contributed by atoms with Gasteiger partial charge in [-0.2, -0.15) is 0 Å². The first kappa shape index (κ1) is 17.8. The van der Waals surface area contributed by atoms with Crippen molar-refractivity contribution in [2.45, 2.75) is 32.7 Å². The lowest BCUT2D eigenvalue weighted by atomic mass is 10.1. The van der Waals surface area contributed by atoms with Gasteiger partial charge < -0.3 is 4.90 Å². The highest BCUT2D eigenvalue weighted by atomic mass is 19.1. The fraction of sp³-hybridized carbons (Fsp3) is 0.316. The molecule has 0 unspecified atom stereocenters. The SMILES string of the molecule is CCCN(Cc1ccc(N=O)cc1)C(=O)CCc1ccc(F)cc1. The summed E-state index contributed by atoms with van der Waals surface area (Å²) in [6.07, 6.45) is 1.85. The van der Waals surface area contributed by atoms with Crippen LogP contribution in [0, 0.1) is 10.7 Å². The average Bonchev–Trinajstić information content (AvgIpc) is 2.61. The lowest BCUT2D eigenvalue weighted by molar-refractivity contribution is -0.131. The summed E-state index contributed by atoms with van der Waals surface area (Å²) in [5.41, 5.74) is 2.29. The van der Waals surface area contributed by atoms with Crippen molar-refractivity contribution in [3.63, 3.8) is 0 Å². The molecule has 0 N–H and O–H groups in total. The van der Waals surface area contributed by atoms with E-state index in [2.05, 4.69) is 5.18 Å². The Morgan fingerprint density at radius 1 is 1.04 bits per heavy atom. The minimum absolute atomic E-state index is 0.0683. The first-order chi connectivity index (χ1) is 11.6. The largest absolute Gasteiger partial charge is 0.338 e. The summed E-state index contributed by atoms with van der Waals surface area (Å²) in [7, 11) is 0. The monoisotopic (exact) mass is 328 g/mol. The Labute approximate surface area is 141 Å². The molecule has 2 aromatic rings. The highest BCUT2D eigenvalue weighted by Gasteiger charge is 2.13. The van der Waals surface area contributed by atoms with Crippen LogP contribution in [0.15, 0.2) is 53.7 Å². The smallest absolute Gasteiger partial charge is 0.223 e. The molecule has 24 heavy (non-hydrogen) atoms. The zero-order chi connectivity index (χ0) is 17.4. The van der Waals surface area contributed by atoms with Crippen LogP contribution in [0.1, 0.15) is 30.9 Å². The number of halogens is 1. The number of nitroso groups, excluding NO2 is 1. The number of amides is 1. The fourth-order valence-corrected chi connectivity index (χ4v) is 2.50. The van der Waals surface area contributed by atoms with Gasteiger partial charge in [0.2, 0.25) is 5.91 Å². The Morgan fingerprint density at radius 3 is 2.25 bits per heavy atom. The van der Waals surface area contributed by atoms with E-state index in [0.29, 0.717) is 31.6 Å². The van der Waals surface area contributed by atoms with Crippen molar-refractivity contribution in [2.75, 3.05) is 6.54 Å². The molecule has 0 radical (unpaired) electrons. The van der Waals surface area contributed by atoms with Crippen LogP contribution in [0.2, 0.25) is 0 Å². The molecular formula is C19H21FN2O2. The third-order valence-corrected chi connectivity index (χ3v) is 3.80. The van der Waals surface area contributed by atoms with Gasteiger partial charge in [0.1, 0.15) is 11.5 Å². The van der Waals surface area contributed by atoms with Crippen LogP contribution < -0.4 is 0 Å². The Bertz CT molecular complexity index is 669. The van der Waals surface area contributed by atoms with Crippen LogP contribution in [0.25, 0.3) is 0 Å². The van der Waals surface area contributed by atoms with E-state index in [-0.39, 0.29) is 11.7 Å². The van der Waals surface area contributed by atoms with Crippen molar-refractivity contribution >= 4 is 11.6 Å². The molecule has 0 aliphatic rings. The van der Waals surface area contributed by atoms with Crippen LogP contribution in [-0.2, 0) is 17.8 Å². The van der Waals surface area contributed by atoms with Crippen LogP contribution in [0.4, 0.5) is 10.1 Å². The van der Waals surface area contributed by atoms with Gasteiger partial charge in [0.15, 0.2) is 0 Å². The molecule has 0 aliphatic carbocycles. The Balaban J connectivity index is 1.95. The van der Waals surface area contributed by atoms with Crippen LogP contribution >= 0.6 is 0 Å². The minimum Gasteiger partial charge on any atom is -0.338 e. The summed E-state index contributed by atoms with van der Waals surface area (Å²) in [5.74, 6) is -0.204. The minimum atomic E-state index is -0.272. The van der Waals surface area contributed by atoms with Gasteiger partial charge in [-0.05, 0) is 53.4 Å². The van der Waals surface area contributed by atoms with Gasteiger partial charge >= 0.3 is 0 Å². The summed E-state index contributed by atoms with van der Waals surface area (Å²) in [5, 5.41) is 2.87. The average molecular weight is 328 g/mol. The van der Waals surface area contributed by atoms with E-state index in [1.54, 1.807) is 24.3 Å². The van der Waals surface area contributed by atoms with Crippen molar-refractivity contribution in [1.29, 1.82) is 0 Å². The van der Waals surface area contributed by atoms with Gasteiger partial charge in [0, 0.05) is 19.5 Å². The number of benzene rings is 2. The molecule has 2 aromatic carbocycles. The molecular weight excluding hydrogens is 307 g/mol. The molecule has 4 nitrogen and oxygen atoms in total. The molecule has 0 spiro atoms. The number of rotatable bonds is 8. The summed E-state index contributed by atoms with van der Waals surface area (Å²) in [6, 6.07) is 13.2. The van der Waals surface area contributed by atoms with E-state index in [1.807, 2.05) is 24.0 Å². The van der Waals surface area contributed by atoms with E-state index in [1.165, 1.54) is 12.1 Å². The van der Waals surface area contributed by atoms with E-state index in [9.17, 15) is 14.1 Å². The normalized spacial score (nSPS) is 10.4.